The van der Waals surface area contributed by atoms with Gasteiger partial charge in [-0.2, -0.15) is 0 Å². The minimum atomic E-state index is -0.113. The Balaban J connectivity index is 2.45. The van der Waals surface area contributed by atoms with E-state index >= 15 is 0 Å². The largest absolute Gasteiger partial charge is 0.355 e. The molecule has 0 spiro atoms. The topological polar surface area (TPSA) is 68.0 Å². The van der Waals surface area contributed by atoms with E-state index in [1.54, 1.807) is 6.20 Å². The van der Waals surface area contributed by atoms with Crippen LogP contribution in [-0.2, 0) is 10.2 Å². The molecular weight excluding hydrogens is 226 g/mol. The van der Waals surface area contributed by atoms with Gasteiger partial charge in [0.25, 0.3) is 0 Å². The summed E-state index contributed by atoms with van der Waals surface area (Å²) < 4.78 is 0. The van der Waals surface area contributed by atoms with Crippen molar-refractivity contribution in [3.8, 4) is 0 Å². The van der Waals surface area contributed by atoms with Gasteiger partial charge in [0, 0.05) is 36.8 Å². The maximum Gasteiger partial charge on any atom is 0.220 e. The molecule has 1 unspecified atom stereocenters. The minimum absolute atomic E-state index is 0.0595. The van der Waals surface area contributed by atoms with Gasteiger partial charge in [-0.05, 0) is 25.0 Å². The van der Waals surface area contributed by atoms with Crippen molar-refractivity contribution < 1.29 is 4.79 Å². The molecule has 0 aliphatic carbocycles. The van der Waals surface area contributed by atoms with Gasteiger partial charge < -0.3 is 11.1 Å². The lowest BCUT2D eigenvalue weighted by Gasteiger charge is -2.25. The normalized spacial score (nSPS) is 13.1. The highest BCUT2D eigenvalue weighted by atomic mass is 16.1. The number of carbonyl (C=O) groups is 1. The first-order chi connectivity index (χ1) is 8.42. The maximum absolute atomic E-state index is 11.6. The lowest BCUT2D eigenvalue weighted by molar-refractivity contribution is -0.121. The number of rotatable bonds is 6. The van der Waals surface area contributed by atoms with Crippen LogP contribution >= 0.6 is 0 Å². The summed E-state index contributed by atoms with van der Waals surface area (Å²) in [6.45, 7) is 6.70. The molecule has 0 aromatic carbocycles. The van der Waals surface area contributed by atoms with Crippen molar-refractivity contribution in [2.75, 3.05) is 6.54 Å². The Labute approximate surface area is 109 Å². The van der Waals surface area contributed by atoms with Crippen LogP contribution in [0.25, 0.3) is 0 Å². The van der Waals surface area contributed by atoms with E-state index in [9.17, 15) is 4.79 Å². The van der Waals surface area contributed by atoms with E-state index in [1.807, 2.05) is 25.3 Å². The summed E-state index contributed by atoms with van der Waals surface area (Å²) in [7, 11) is 0. The standard InChI is InChI=1S/C14H23N3O/c1-11(15)6-7-13(18)17-10-14(2,3)12-5-4-8-16-9-12/h4-5,8-9,11H,6-7,10,15H2,1-3H3,(H,17,18). The maximum atomic E-state index is 11.6. The van der Waals surface area contributed by atoms with E-state index < -0.39 is 0 Å². The summed E-state index contributed by atoms with van der Waals surface area (Å²) in [6, 6.07) is 4.01. The van der Waals surface area contributed by atoms with Gasteiger partial charge in [0.2, 0.25) is 5.91 Å². The molecule has 18 heavy (non-hydrogen) atoms. The van der Waals surface area contributed by atoms with Crippen molar-refractivity contribution in [3.05, 3.63) is 30.1 Å². The molecule has 1 amide bonds. The van der Waals surface area contributed by atoms with Gasteiger partial charge in [0.15, 0.2) is 0 Å². The smallest absolute Gasteiger partial charge is 0.220 e. The minimum Gasteiger partial charge on any atom is -0.355 e. The molecule has 3 N–H and O–H groups in total. The number of pyridine rings is 1. The van der Waals surface area contributed by atoms with Crippen molar-refractivity contribution in [3.63, 3.8) is 0 Å². The highest BCUT2D eigenvalue weighted by molar-refractivity contribution is 5.76. The fraction of sp³-hybridized carbons (Fsp3) is 0.571. The Hall–Kier alpha value is -1.42. The second-order valence-corrected chi connectivity index (χ2v) is 5.42. The number of aromatic nitrogens is 1. The van der Waals surface area contributed by atoms with Crippen molar-refractivity contribution in [1.82, 2.24) is 10.3 Å². The summed E-state index contributed by atoms with van der Waals surface area (Å²) >= 11 is 0. The van der Waals surface area contributed by atoms with Crippen LogP contribution < -0.4 is 11.1 Å². The first kappa shape index (κ1) is 14.6. The molecule has 0 bridgehead atoms. The molecule has 0 saturated heterocycles. The number of hydrogen-bond acceptors (Lipinski definition) is 3. The quantitative estimate of drug-likeness (QED) is 0.804. The molecule has 4 nitrogen and oxygen atoms in total. The number of carbonyl (C=O) groups excluding carboxylic acids is 1. The number of hydrogen-bond donors (Lipinski definition) is 2. The fourth-order valence-electron chi connectivity index (χ4n) is 1.63. The van der Waals surface area contributed by atoms with Crippen LogP contribution in [0.3, 0.4) is 0 Å². The molecule has 1 heterocycles. The van der Waals surface area contributed by atoms with Crippen LogP contribution in [0.15, 0.2) is 24.5 Å². The number of nitrogens with one attached hydrogen (secondary N) is 1. The monoisotopic (exact) mass is 249 g/mol. The second-order valence-electron chi connectivity index (χ2n) is 5.42. The summed E-state index contributed by atoms with van der Waals surface area (Å²) in [6.07, 6.45) is 4.80. The Bertz CT molecular complexity index is 374. The van der Waals surface area contributed by atoms with Gasteiger partial charge in [-0.25, -0.2) is 0 Å². The van der Waals surface area contributed by atoms with E-state index in [0.29, 0.717) is 13.0 Å². The van der Waals surface area contributed by atoms with Crippen LogP contribution in [0.5, 0.6) is 0 Å². The number of nitrogens with zero attached hydrogens (tertiary/aromatic N) is 1. The first-order valence-corrected chi connectivity index (χ1v) is 6.34. The zero-order chi connectivity index (χ0) is 13.6. The van der Waals surface area contributed by atoms with E-state index in [-0.39, 0.29) is 17.4 Å². The van der Waals surface area contributed by atoms with Crippen LogP contribution in [0.4, 0.5) is 0 Å². The highest BCUT2D eigenvalue weighted by Gasteiger charge is 2.21. The lowest BCUT2D eigenvalue weighted by atomic mass is 9.85. The fourth-order valence-corrected chi connectivity index (χ4v) is 1.63. The van der Waals surface area contributed by atoms with Crippen molar-refractivity contribution in [1.29, 1.82) is 0 Å². The average molecular weight is 249 g/mol. The molecule has 1 aromatic heterocycles. The third kappa shape index (κ3) is 4.84. The molecule has 0 radical (unpaired) electrons. The van der Waals surface area contributed by atoms with Gasteiger partial charge in [-0.1, -0.05) is 19.9 Å². The van der Waals surface area contributed by atoms with Crippen LogP contribution in [0.2, 0.25) is 0 Å². The summed E-state index contributed by atoms with van der Waals surface area (Å²) in [5, 5.41) is 2.95. The van der Waals surface area contributed by atoms with Gasteiger partial charge in [0.05, 0.1) is 0 Å². The zero-order valence-electron chi connectivity index (χ0n) is 11.4. The van der Waals surface area contributed by atoms with E-state index in [4.69, 9.17) is 5.73 Å². The highest BCUT2D eigenvalue weighted by Crippen LogP contribution is 2.20. The Morgan fingerprint density at radius 3 is 2.83 bits per heavy atom. The van der Waals surface area contributed by atoms with Gasteiger partial charge in [0.1, 0.15) is 0 Å². The number of amides is 1. The van der Waals surface area contributed by atoms with Crippen LogP contribution in [-0.4, -0.2) is 23.5 Å². The zero-order valence-corrected chi connectivity index (χ0v) is 11.4. The molecule has 0 saturated carbocycles. The van der Waals surface area contributed by atoms with Gasteiger partial charge >= 0.3 is 0 Å². The third-order valence-corrected chi connectivity index (χ3v) is 3.00. The lowest BCUT2D eigenvalue weighted by Crippen LogP contribution is -2.37. The average Bonchev–Trinajstić information content (AvgIpc) is 2.35. The predicted molar refractivity (Wildman–Crippen MR) is 73.2 cm³/mol. The van der Waals surface area contributed by atoms with Gasteiger partial charge in [-0.15, -0.1) is 0 Å². The summed E-state index contributed by atoms with van der Waals surface area (Å²) in [4.78, 5) is 15.8. The van der Waals surface area contributed by atoms with Crippen molar-refractivity contribution in [2.45, 2.75) is 45.1 Å². The predicted octanol–water partition coefficient (Wildman–Crippen LogP) is 1.60. The second kappa shape index (κ2) is 6.50. The molecular formula is C14H23N3O. The molecule has 0 aliphatic heterocycles. The third-order valence-electron chi connectivity index (χ3n) is 3.00. The summed E-state index contributed by atoms with van der Waals surface area (Å²) in [5.41, 5.74) is 6.64. The Morgan fingerprint density at radius 2 is 2.28 bits per heavy atom. The van der Waals surface area contributed by atoms with E-state index in [1.165, 1.54) is 0 Å². The molecule has 1 atom stereocenters. The SMILES string of the molecule is CC(N)CCC(=O)NCC(C)(C)c1cccnc1. The molecule has 1 aromatic rings. The van der Waals surface area contributed by atoms with Crippen LogP contribution in [0.1, 0.15) is 39.2 Å². The van der Waals surface area contributed by atoms with Crippen molar-refractivity contribution in [2.24, 2.45) is 5.73 Å². The molecule has 0 fully saturated rings. The Kier molecular flexibility index (Phi) is 5.28. The molecule has 4 heteroatoms. The molecule has 100 valence electrons. The van der Waals surface area contributed by atoms with Crippen molar-refractivity contribution >= 4 is 5.91 Å². The first-order valence-electron chi connectivity index (χ1n) is 6.34. The summed E-state index contributed by atoms with van der Waals surface area (Å²) in [5.74, 6) is 0.0595. The van der Waals surface area contributed by atoms with Crippen LogP contribution in [0, 0.1) is 0 Å². The Morgan fingerprint density at radius 1 is 1.56 bits per heavy atom. The van der Waals surface area contributed by atoms with Gasteiger partial charge in [-0.3, -0.25) is 9.78 Å². The molecule has 0 aliphatic rings. The van der Waals surface area contributed by atoms with E-state index in [2.05, 4.69) is 24.1 Å². The number of nitrogens with two attached hydrogens (primary N) is 1. The van der Waals surface area contributed by atoms with E-state index in [0.717, 1.165) is 12.0 Å². The molecule has 1 rings (SSSR count).